The van der Waals surface area contributed by atoms with Gasteiger partial charge in [0.05, 0.1) is 16.6 Å². The zero-order valence-electron chi connectivity index (χ0n) is 17.4. The Morgan fingerprint density at radius 3 is 2.53 bits per heavy atom. The van der Waals surface area contributed by atoms with E-state index in [1.807, 2.05) is 43.3 Å². The van der Waals surface area contributed by atoms with Crippen LogP contribution < -0.4 is 4.90 Å². The molecule has 1 aliphatic rings. The second-order valence-corrected chi connectivity index (χ2v) is 7.74. The number of ether oxygens (including phenoxy) is 1. The second-order valence-electron chi connectivity index (χ2n) is 7.74. The number of carbonyl (C=O) groups is 1. The van der Waals surface area contributed by atoms with E-state index in [0.29, 0.717) is 19.7 Å². The fraction of sp³-hybridized carbons (Fsp3) is 0.409. The molecule has 0 radical (unpaired) electrons. The van der Waals surface area contributed by atoms with E-state index in [4.69, 9.17) is 4.74 Å². The van der Waals surface area contributed by atoms with Crippen molar-refractivity contribution in [2.45, 2.75) is 32.4 Å². The van der Waals surface area contributed by atoms with Crippen molar-refractivity contribution in [2.24, 2.45) is 0 Å². The summed E-state index contributed by atoms with van der Waals surface area (Å²) in [6.45, 7) is 2.63. The van der Waals surface area contributed by atoms with Gasteiger partial charge in [-0.2, -0.15) is 0 Å². The highest BCUT2D eigenvalue weighted by Gasteiger charge is 2.26. The lowest BCUT2D eigenvalue weighted by Crippen LogP contribution is -2.37. The molecule has 1 aliphatic heterocycles. The van der Waals surface area contributed by atoms with Crippen LogP contribution >= 0.6 is 0 Å². The molecule has 1 atom stereocenters. The van der Waals surface area contributed by atoms with Crippen molar-refractivity contribution in [3.05, 3.63) is 69.0 Å². The van der Waals surface area contributed by atoms with Crippen LogP contribution in [0.15, 0.2) is 36.4 Å². The van der Waals surface area contributed by atoms with Gasteiger partial charge in [0, 0.05) is 51.1 Å². The summed E-state index contributed by atoms with van der Waals surface area (Å²) in [5.41, 5.74) is 1.43. The van der Waals surface area contributed by atoms with E-state index >= 15 is 0 Å². The molecule has 2 aromatic carbocycles. The van der Waals surface area contributed by atoms with E-state index in [1.165, 1.54) is 6.92 Å². The first kappa shape index (κ1) is 21.7. The monoisotopic (exact) mass is 415 g/mol. The first-order valence-electron chi connectivity index (χ1n) is 9.88. The summed E-state index contributed by atoms with van der Waals surface area (Å²) in [6.07, 6.45) is 1.67. The molecule has 1 heterocycles. The molecule has 7 nitrogen and oxygen atoms in total. The molecule has 0 aliphatic carbocycles. The van der Waals surface area contributed by atoms with Crippen molar-refractivity contribution in [3.8, 4) is 0 Å². The lowest BCUT2D eigenvalue weighted by molar-refractivity contribution is -0.385. The average Bonchev–Trinajstić information content (AvgIpc) is 3.22. The maximum absolute atomic E-state index is 14.3. The van der Waals surface area contributed by atoms with Gasteiger partial charge in [0.1, 0.15) is 5.82 Å². The normalized spacial score (nSPS) is 15.8. The van der Waals surface area contributed by atoms with E-state index in [0.717, 1.165) is 36.2 Å². The Balaban J connectivity index is 1.89. The summed E-state index contributed by atoms with van der Waals surface area (Å²) >= 11 is 0. The molecule has 0 saturated carbocycles. The third-order valence-corrected chi connectivity index (χ3v) is 5.32. The minimum Gasteiger partial charge on any atom is -0.378 e. The quantitative estimate of drug-likeness (QED) is 0.506. The van der Waals surface area contributed by atoms with E-state index in [-0.39, 0.29) is 17.2 Å². The Kier molecular flexibility index (Phi) is 6.66. The lowest BCUT2D eigenvalue weighted by Gasteiger charge is -2.26. The Hall–Kier alpha value is -3.00. The smallest absolute Gasteiger partial charge is 0.276 e. The number of carbonyl (C=O) groups excluding carboxylic acids is 1. The molecular formula is C22H26FN3O4. The van der Waals surface area contributed by atoms with E-state index < -0.39 is 22.3 Å². The van der Waals surface area contributed by atoms with Crippen molar-refractivity contribution in [1.82, 2.24) is 4.90 Å². The Morgan fingerprint density at radius 2 is 1.97 bits per heavy atom. The van der Waals surface area contributed by atoms with Crippen LogP contribution in [0.1, 0.15) is 34.3 Å². The highest BCUT2D eigenvalue weighted by atomic mass is 19.1. The van der Waals surface area contributed by atoms with Crippen LogP contribution in [0, 0.1) is 22.9 Å². The predicted octanol–water partition coefficient (Wildman–Crippen LogP) is 3.93. The van der Waals surface area contributed by atoms with Crippen LogP contribution in [-0.2, 0) is 11.3 Å². The number of benzene rings is 2. The van der Waals surface area contributed by atoms with Gasteiger partial charge in [-0.25, -0.2) is 4.39 Å². The van der Waals surface area contributed by atoms with Gasteiger partial charge in [-0.3, -0.25) is 14.9 Å². The molecule has 30 heavy (non-hydrogen) atoms. The van der Waals surface area contributed by atoms with Crippen molar-refractivity contribution < 1.29 is 18.8 Å². The topological polar surface area (TPSA) is 75.9 Å². The van der Waals surface area contributed by atoms with Crippen LogP contribution in [0.5, 0.6) is 0 Å². The Labute approximate surface area is 175 Å². The van der Waals surface area contributed by atoms with Gasteiger partial charge in [-0.05, 0) is 43.5 Å². The SMILES string of the molecule is Cc1c(F)cc(C(=O)N(Cc2ccc(N(C)C)cc2)CC2CCCO2)cc1[N+](=O)[O-]. The van der Waals surface area contributed by atoms with E-state index in [2.05, 4.69) is 0 Å². The molecule has 1 fully saturated rings. The molecule has 1 unspecified atom stereocenters. The fourth-order valence-corrected chi connectivity index (χ4v) is 3.53. The van der Waals surface area contributed by atoms with Crippen LogP contribution in [0.3, 0.4) is 0 Å². The summed E-state index contributed by atoms with van der Waals surface area (Å²) in [5, 5.41) is 11.3. The Morgan fingerprint density at radius 1 is 1.27 bits per heavy atom. The van der Waals surface area contributed by atoms with Gasteiger partial charge in [0.15, 0.2) is 0 Å². The van der Waals surface area contributed by atoms with E-state index in [1.54, 1.807) is 4.90 Å². The summed E-state index contributed by atoms with van der Waals surface area (Å²) in [4.78, 5) is 27.4. The number of nitrogens with zero attached hydrogens (tertiary/aromatic N) is 3. The summed E-state index contributed by atoms with van der Waals surface area (Å²) in [7, 11) is 3.89. The van der Waals surface area contributed by atoms with Gasteiger partial charge in [-0.1, -0.05) is 12.1 Å². The standard InChI is InChI=1S/C22H26FN3O4/c1-15-20(23)11-17(12-21(15)26(28)29)22(27)25(14-19-5-4-10-30-19)13-16-6-8-18(9-7-16)24(2)3/h6-9,11-12,19H,4-5,10,13-14H2,1-3H3. The van der Waals surface area contributed by atoms with Gasteiger partial charge in [0.25, 0.3) is 11.6 Å². The number of hydrogen-bond donors (Lipinski definition) is 0. The molecule has 160 valence electrons. The van der Waals surface area contributed by atoms with Gasteiger partial charge < -0.3 is 14.5 Å². The third kappa shape index (κ3) is 4.94. The maximum Gasteiger partial charge on any atom is 0.276 e. The lowest BCUT2D eigenvalue weighted by atomic mass is 10.1. The molecule has 3 rings (SSSR count). The predicted molar refractivity (Wildman–Crippen MR) is 112 cm³/mol. The molecule has 0 spiro atoms. The zero-order valence-corrected chi connectivity index (χ0v) is 17.4. The number of halogens is 1. The second kappa shape index (κ2) is 9.21. The van der Waals surface area contributed by atoms with Gasteiger partial charge in [0.2, 0.25) is 0 Å². The number of amides is 1. The molecule has 0 aromatic heterocycles. The van der Waals surface area contributed by atoms with Gasteiger partial charge >= 0.3 is 0 Å². The molecule has 1 saturated heterocycles. The molecular weight excluding hydrogens is 389 g/mol. The van der Waals surface area contributed by atoms with Crippen molar-refractivity contribution >= 4 is 17.3 Å². The highest BCUT2D eigenvalue weighted by molar-refractivity contribution is 5.95. The molecule has 8 heteroatoms. The number of hydrogen-bond acceptors (Lipinski definition) is 5. The van der Waals surface area contributed by atoms with Crippen LogP contribution in [0.4, 0.5) is 15.8 Å². The first-order valence-corrected chi connectivity index (χ1v) is 9.88. The fourth-order valence-electron chi connectivity index (χ4n) is 3.53. The van der Waals surface area contributed by atoms with Crippen LogP contribution in [0.2, 0.25) is 0 Å². The van der Waals surface area contributed by atoms with Crippen LogP contribution in [0.25, 0.3) is 0 Å². The number of rotatable bonds is 7. The molecule has 1 amide bonds. The molecule has 2 aromatic rings. The zero-order chi connectivity index (χ0) is 21.8. The number of anilines is 1. The minimum absolute atomic E-state index is 0.0345. The van der Waals surface area contributed by atoms with Crippen molar-refractivity contribution in [1.29, 1.82) is 0 Å². The summed E-state index contributed by atoms with van der Waals surface area (Å²) in [6, 6.07) is 10.0. The van der Waals surface area contributed by atoms with E-state index in [9.17, 15) is 19.3 Å². The maximum atomic E-state index is 14.3. The first-order chi connectivity index (χ1) is 14.3. The Bertz CT molecular complexity index is 925. The highest BCUT2D eigenvalue weighted by Crippen LogP contribution is 2.25. The van der Waals surface area contributed by atoms with Crippen molar-refractivity contribution in [3.63, 3.8) is 0 Å². The van der Waals surface area contributed by atoms with Gasteiger partial charge in [-0.15, -0.1) is 0 Å². The summed E-state index contributed by atoms with van der Waals surface area (Å²) < 4.78 is 20.0. The molecule has 0 bridgehead atoms. The number of nitro benzene ring substituents is 1. The largest absolute Gasteiger partial charge is 0.378 e. The molecule has 0 N–H and O–H groups in total. The third-order valence-electron chi connectivity index (χ3n) is 5.32. The van der Waals surface area contributed by atoms with Crippen LogP contribution in [-0.4, -0.2) is 49.1 Å². The average molecular weight is 415 g/mol. The van der Waals surface area contributed by atoms with Crippen molar-refractivity contribution in [2.75, 3.05) is 32.1 Å². The minimum atomic E-state index is -0.764. The number of nitro groups is 1. The summed E-state index contributed by atoms with van der Waals surface area (Å²) in [5.74, 6) is -1.22.